The van der Waals surface area contributed by atoms with Crippen molar-refractivity contribution in [1.29, 1.82) is 0 Å². The molecule has 0 spiro atoms. The maximum Gasteiger partial charge on any atom is 0.255 e. The van der Waals surface area contributed by atoms with Crippen molar-refractivity contribution in [3.8, 4) is 0 Å². The largest absolute Gasteiger partial charge is 0.272 e. The third-order valence-electron chi connectivity index (χ3n) is 4.62. The zero-order chi connectivity index (χ0) is 23.8. The van der Waals surface area contributed by atoms with Gasteiger partial charge in [0, 0.05) is 22.2 Å². The van der Waals surface area contributed by atoms with Gasteiger partial charge in [0.05, 0.1) is 22.7 Å². The van der Waals surface area contributed by atoms with Gasteiger partial charge in [0.15, 0.2) is 0 Å². The first-order valence-electron chi connectivity index (χ1n) is 9.82. The maximum atomic E-state index is 13.2. The van der Waals surface area contributed by atoms with Gasteiger partial charge < -0.3 is 0 Å². The molecule has 0 saturated carbocycles. The molecule has 0 bridgehead atoms. The van der Waals surface area contributed by atoms with Gasteiger partial charge in [-0.15, -0.1) is 0 Å². The standard InChI is InChI=1S/C23H20Cl3N3O3S/c24-19-8-10-21(11-9-19)33(31,32)29(13-12-17-4-2-1-3-5-17)16-23(30)28-27-15-18-6-7-20(25)14-22(18)26/h1-11,14-15H,12-13,16H2,(H,28,30)/b27-15+. The summed E-state index contributed by atoms with van der Waals surface area (Å²) in [7, 11) is -3.95. The summed E-state index contributed by atoms with van der Waals surface area (Å²) in [6.07, 6.45) is 1.79. The van der Waals surface area contributed by atoms with Crippen molar-refractivity contribution in [2.45, 2.75) is 11.3 Å². The Morgan fingerprint density at radius 2 is 1.61 bits per heavy atom. The number of nitrogens with zero attached hydrogens (tertiary/aromatic N) is 2. The van der Waals surface area contributed by atoms with E-state index in [0.717, 1.165) is 9.87 Å². The second-order valence-corrected chi connectivity index (χ2v) is 10.2. The van der Waals surface area contributed by atoms with Gasteiger partial charge in [-0.05, 0) is 48.4 Å². The predicted octanol–water partition coefficient (Wildman–Crippen LogP) is 5.03. The van der Waals surface area contributed by atoms with Crippen molar-refractivity contribution < 1.29 is 13.2 Å². The Bertz CT molecular complexity index is 1230. The summed E-state index contributed by atoms with van der Waals surface area (Å²) in [6.45, 7) is -0.307. The molecule has 1 amide bonds. The summed E-state index contributed by atoms with van der Waals surface area (Å²) in [5.41, 5.74) is 3.85. The van der Waals surface area contributed by atoms with Crippen LogP contribution in [0.5, 0.6) is 0 Å². The van der Waals surface area contributed by atoms with Gasteiger partial charge in [-0.25, -0.2) is 13.8 Å². The minimum absolute atomic E-state index is 0.0456. The van der Waals surface area contributed by atoms with Crippen LogP contribution in [-0.4, -0.2) is 37.9 Å². The Morgan fingerprint density at radius 1 is 0.939 bits per heavy atom. The van der Waals surface area contributed by atoms with Crippen LogP contribution < -0.4 is 5.43 Å². The Labute approximate surface area is 207 Å². The first-order valence-corrected chi connectivity index (χ1v) is 12.4. The van der Waals surface area contributed by atoms with Crippen molar-refractivity contribution in [2.75, 3.05) is 13.1 Å². The molecule has 0 fully saturated rings. The van der Waals surface area contributed by atoms with E-state index < -0.39 is 22.5 Å². The molecule has 33 heavy (non-hydrogen) atoms. The highest BCUT2D eigenvalue weighted by atomic mass is 35.5. The molecule has 0 atom stereocenters. The lowest BCUT2D eigenvalue weighted by molar-refractivity contribution is -0.121. The minimum Gasteiger partial charge on any atom is -0.272 e. The predicted molar refractivity (Wildman–Crippen MR) is 133 cm³/mol. The van der Waals surface area contributed by atoms with Crippen LogP contribution in [-0.2, 0) is 21.2 Å². The quantitative estimate of drug-likeness (QED) is 0.315. The molecule has 3 rings (SSSR count). The Morgan fingerprint density at radius 3 is 2.27 bits per heavy atom. The van der Waals surface area contributed by atoms with Crippen LogP contribution in [0.4, 0.5) is 0 Å². The van der Waals surface area contributed by atoms with Gasteiger partial charge in [0.1, 0.15) is 0 Å². The number of benzene rings is 3. The van der Waals surface area contributed by atoms with Crippen LogP contribution in [0.1, 0.15) is 11.1 Å². The van der Waals surface area contributed by atoms with Crippen molar-refractivity contribution in [2.24, 2.45) is 5.10 Å². The number of hydrazone groups is 1. The monoisotopic (exact) mass is 523 g/mol. The van der Waals surface area contributed by atoms with E-state index in [0.29, 0.717) is 27.1 Å². The minimum atomic E-state index is -3.95. The van der Waals surface area contributed by atoms with Gasteiger partial charge >= 0.3 is 0 Å². The molecule has 1 N–H and O–H groups in total. The lowest BCUT2D eigenvalue weighted by atomic mass is 10.1. The highest BCUT2D eigenvalue weighted by molar-refractivity contribution is 7.89. The SMILES string of the molecule is O=C(CN(CCc1ccccc1)S(=O)(=O)c1ccc(Cl)cc1)N/N=C/c1ccc(Cl)cc1Cl. The maximum absolute atomic E-state index is 13.2. The summed E-state index contributed by atoms with van der Waals surface area (Å²) >= 11 is 17.8. The summed E-state index contributed by atoms with van der Waals surface area (Å²) in [5, 5.41) is 5.14. The zero-order valence-electron chi connectivity index (χ0n) is 17.3. The van der Waals surface area contributed by atoms with E-state index >= 15 is 0 Å². The molecule has 3 aromatic rings. The van der Waals surface area contributed by atoms with Gasteiger partial charge in [0.2, 0.25) is 10.0 Å². The smallest absolute Gasteiger partial charge is 0.255 e. The number of hydrogen-bond acceptors (Lipinski definition) is 4. The van der Waals surface area contributed by atoms with Gasteiger partial charge in [0.25, 0.3) is 5.91 Å². The molecule has 0 heterocycles. The Hall–Kier alpha value is -2.42. The third-order valence-corrected chi connectivity index (χ3v) is 7.29. The molecular weight excluding hydrogens is 505 g/mol. The van der Waals surface area contributed by atoms with Crippen LogP contribution >= 0.6 is 34.8 Å². The van der Waals surface area contributed by atoms with E-state index in [2.05, 4.69) is 10.5 Å². The fourth-order valence-corrected chi connectivity index (χ4v) is 4.89. The molecule has 3 aromatic carbocycles. The molecule has 172 valence electrons. The number of amides is 1. The van der Waals surface area contributed by atoms with Gasteiger partial charge in [-0.1, -0.05) is 71.2 Å². The third kappa shape index (κ3) is 7.28. The van der Waals surface area contributed by atoms with Crippen molar-refractivity contribution in [3.05, 3.63) is 99.0 Å². The van der Waals surface area contributed by atoms with E-state index in [1.165, 1.54) is 30.5 Å². The second-order valence-electron chi connectivity index (χ2n) is 6.99. The van der Waals surface area contributed by atoms with Crippen molar-refractivity contribution in [1.82, 2.24) is 9.73 Å². The first-order chi connectivity index (χ1) is 15.8. The number of carbonyl (C=O) groups excluding carboxylic acids is 1. The fourth-order valence-electron chi connectivity index (χ4n) is 2.91. The summed E-state index contributed by atoms with van der Waals surface area (Å²) in [5.74, 6) is -0.595. The van der Waals surface area contributed by atoms with Crippen LogP contribution in [0.25, 0.3) is 0 Å². The average molecular weight is 525 g/mol. The fraction of sp³-hybridized carbons (Fsp3) is 0.130. The van der Waals surface area contributed by atoms with Crippen LogP contribution in [0.15, 0.2) is 82.8 Å². The molecule has 0 aliphatic rings. The van der Waals surface area contributed by atoms with Crippen LogP contribution in [0, 0.1) is 0 Å². The molecule has 0 aliphatic carbocycles. The number of halogens is 3. The molecule has 0 unspecified atom stereocenters. The highest BCUT2D eigenvalue weighted by Crippen LogP contribution is 2.20. The first kappa shape index (κ1) is 25.2. The topological polar surface area (TPSA) is 78.8 Å². The number of rotatable bonds is 9. The van der Waals surface area contributed by atoms with Crippen LogP contribution in [0.3, 0.4) is 0 Å². The second kappa shape index (κ2) is 11.6. The number of nitrogens with one attached hydrogen (secondary N) is 1. The zero-order valence-corrected chi connectivity index (χ0v) is 20.4. The van der Waals surface area contributed by atoms with Crippen molar-refractivity contribution in [3.63, 3.8) is 0 Å². The van der Waals surface area contributed by atoms with Crippen LogP contribution in [0.2, 0.25) is 15.1 Å². The molecule has 0 aromatic heterocycles. The summed E-state index contributed by atoms with van der Waals surface area (Å²) in [4.78, 5) is 12.6. The Kier molecular flexibility index (Phi) is 8.88. The molecule has 0 aliphatic heterocycles. The Balaban J connectivity index is 1.74. The molecule has 6 nitrogen and oxygen atoms in total. The van der Waals surface area contributed by atoms with E-state index in [4.69, 9.17) is 34.8 Å². The molecular formula is C23H20Cl3N3O3S. The van der Waals surface area contributed by atoms with Gasteiger partial charge in [-0.3, -0.25) is 4.79 Å². The lowest BCUT2D eigenvalue weighted by Gasteiger charge is -2.21. The van der Waals surface area contributed by atoms with E-state index in [9.17, 15) is 13.2 Å². The molecule has 0 radical (unpaired) electrons. The van der Waals surface area contributed by atoms with E-state index in [1.54, 1.807) is 18.2 Å². The summed E-state index contributed by atoms with van der Waals surface area (Å²) < 4.78 is 27.5. The van der Waals surface area contributed by atoms with E-state index in [1.807, 2.05) is 30.3 Å². The lowest BCUT2D eigenvalue weighted by Crippen LogP contribution is -2.40. The number of hydrogen-bond donors (Lipinski definition) is 1. The summed E-state index contributed by atoms with van der Waals surface area (Å²) in [6, 6.07) is 20.1. The number of carbonyl (C=O) groups is 1. The average Bonchev–Trinajstić information content (AvgIpc) is 2.79. The van der Waals surface area contributed by atoms with Gasteiger partial charge in [-0.2, -0.15) is 9.41 Å². The molecule has 0 saturated heterocycles. The molecule has 10 heteroatoms. The number of sulfonamides is 1. The normalized spacial score (nSPS) is 11.8. The van der Waals surface area contributed by atoms with E-state index in [-0.39, 0.29) is 11.4 Å². The van der Waals surface area contributed by atoms with Crippen molar-refractivity contribution >= 4 is 56.9 Å². The highest BCUT2D eigenvalue weighted by Gasteiger charge is 2.26.